The second-order valence-corrected chi connectivity index (χ2v) is 10.9. The van der Waals surface area contributed by atoms with Crippen molar-refractivity contribution >= 4 is 16.9 Å². The first-order chi connectivity index (χ1) is 19.3. The molecule has 0 aliphatic heterocycles. The normalized spacial score (nSPS) is 11.2. The average molecular weight is 542 g/mol. The quantitative estimate of drug-likeness (QED) is 0.173. The zero-order valence-corrected chi connectivity index (χ0v) is 24.6. The number of nitrogens with one attached hydrogen (secondary N) is 1. The molecule has 0 atom stereocenters. The van der Waals surface area contributed by atoms with Crippen molar-refractivity contribution in [2.24, 2.45) is 0 Å². The molecule has 0 unspecified atom stereocenters. The fourth-order valence-corrected chi connectivity index (χ4v) is 4.89. The number of para-hydroxylation sites is 2. The summed E-state index contributed by atoms with van der Waals surface area (Å²) in [5.41, 5.74) is 6.80. The zero-order valence-electron chi connectivity index (χ0n) is 24.6. The minimum absolute atomic E-state index is 0.0199. The smallest absolute Gasteiger partial charge is 0.257 e. The third-order valence-corrected chi connectivity index (χ3v) is 7.16. The molecular formula is C34H43N3O3. The first kappa shape index (κ1) is 29.2. The molecule has 1 N–H and O–H groups in total. The maximum Gasteiger partial charge on any atom is 0.257 e. The number of carbonyl (C=O) groups excluding carboxylic acids is 1. The van der Waals surface area contributed by atoms with Gasteiger partial charge in [-0.25, -0.2) is 4.98 Å². The largest absolute Gasteiger partial charge is 0.493 e. The highest BCUT2D eigenvalue weighted by Crippen LogP contribution is 2.28. The van der Waals surface area contributed by atoms with Crippen molar-refractivity contribution in [1.82, 2.24) is 14.9 Å². The monoisotopic (exact) mass is 541 g/mol. The number of hydrogen-bond acceptors (Lipinski definition) is 4. The molecule has 0 saturated heterocycles. The van der Waals surface area contributed by atoms with E-state index in [0.717, 1.165) is 71.7 Å². The number of nitrogens with zero attached hydrogens (tertiary/aromatic N) is 2. The van der Waals surface area contributed by atoms with Crippen LogP contribution >= 0.6 is 0 Å². The fraction of sp³-hybridized carbons (Fsp3) is 0.412. The summed E-state index contributed by atoms with van der Waals surface area (Å²) in [6.07, 6.45) is 3.58. The van der Waals surface area contributed by atoms with E-state index in [2.05, 4.69) is 67.1 Å². The van der Waals surface area contributed by atoms with Crippen LogP contribution in [0.3, 0.4) is 0 Å². The summed E-state index contributed by atoms with van der Waals surface area (Å²) in [7, 11) is 0. The van der Waals surface area contributed by atoms with Crippen molar-refractivity contribution in [3.63, 3.8) is 0 Å². The molecule has 1 amide bonds. The highest BCUT2D eigenvalue weighted by Gasteiger charge is 2.12. The lowest BCUT2D eigenvalue weighted by molar-refractivity contribution is -0.123. The van der Waals surface area contributed by atoms with Crippen molar-refractivity contribution in [1.29, 1.82) is 0 Å². The molecule has 6 heteroatoms. The molecule has 0 radical (unpaired) electrons. The Morgan fingerprint density at radius 1 is 0.900 bits per heavy atom. The van der Waals surface area contributed by atoms with Gasteiger partial charge in [-0.15, -0.1) is 0 Å². The van der Waals surface area contributed by atoms with Gasteiger partial charge < -0.3 is 19.4 Å². The minimum atomic E-state index is -0.108. The first-order valence-electron chi connectivity index (χ1n) is 14.5. The van der Waals surface area contributed by atoms with Gasteiger partial charge in [-0.05, 0) is 92.5 Å². The van der Waals surface area contributed by atoms with E-state index in [1.807, 2.05) is 38.1 Å². The second kappa shape index (κ2) is 14.0. The van der Waals surface area contributed by atoms with Crippen molar-refractivity contribution < 1.29 is 14.3 Å². The third-order valence-electron chi connectivity index (χ3n) is 7.16. The van der Waals surface area contributed by atoms with E-state index in [9.17, 15) is 4.79 Å². The Labute approximate surface area is 238 Å². The number of aromatic nitrogens is 2. The maximum atomic E-state index is 12.3. The van der Waals surface area contributed by atoms with Gasteiger partial charge in [0.25, 0.3) is 5.91 Å². The number of fused-ring (bicyclic) bond motifs is 1. The van der Waals surface area contributed by atoms with Gasteiger partial charge in [-0.3, -0.25) is 4.79 Å². The Bertz CT molecular complexity index is 1420. The Morgan fingerprint density at radius 3 is 2.45 bits per heavy atom. The molecule has 0 bridgehead atoms. The van der Waals surface area contributed by atoms with Gasteiger partial charge in [0, 0.05) is 19.5 Å². The van der Waals surface area contributed by atoms with Gasteiger partial charge in [0.15, 0.2) is 6.61 Å². The molecule has 1 heterocycles. The number of unbranched alkanes of at least 4 members (excludes halogenated alkanes) is 1. The number of benzene rings is 3. The van der Waals surface area contributed by atoms with E-state index in [0.29, 0.717) is 19.1 Å². The van der Waals surface area contributed by atoms with Crippen LogP contribution in [0.2, 0.25) is 0 Å². The van der Waals surface area contributed by atoms with Crippen LogP contribution in [0, 0.1) is 20.8 Å². The fourth-order valence-electron chi connectivity index (χ4n) is 4.89. The van der Waals surface area contributed by atoms with E-state index < -0.39 is 0 Å². The van der Waals surface area contributed by atoms with E-state index in [4.69, 9.17) is 14.5 Å². The van der Waals surface area contributed by atoms with E-state index in [-0.39, 0.29) is 12.5 Å². The Hall–Kier alpha value is -3.80. The van der Waals surface area contributed by atoms with Crippen LogP contribution in [0.15, 0.2) is 60.7 Å². The Kier molecular flexibility index (Phi) is 10.2. The van der Waals surface area contributed by atoms with E-state index in [1.54, 1.807) is 0 Å². The second-order valence-electron chi connectivity index (χ2n) is 10.9. The highest BCUT2D eigenvalue weighted by molar-refractivity contribution is 5.77. The van der Waals surface area contributed by atoms with Gasteiger partial charge in [0.1, 0.15) is 17.3 Å². The number of amides is 1. The minimum Gasteiger partial charge on any atom is -0.493 e. The number of imidazole rings is 1. The molecule has 0 aliphatic carbocycles. The van der Waals surface area contributed by atoms with Gasteiger partial charge >= 0.3 is 0 Å². The summed E-state index contributed by atoms with van der Waals surface area (Å²) >= 11 is 0. The van der Waals surface area contributed by atoms with Crippen LogP contribution in [-0.4, -0.2) is 35.2 Å². The van der Waals surface area contributed by atoms with Crippen LogP contribution in [-0.2, 0) is 17.8 Å². The topological polar surface area (TPSA) is 65.4 Å². The van der Waals surface area contributed by atoms with Crippen molar-refractivity contribution in [2.45, 2.75) is 72.8 Å². The van der Waals surface area contributed by atoms with Crippen LogP contribution in [0.5, 0.6) is 11.5 Å². The SMILES string of the molecule is Cc1ccc(C)c(OCC(=O)NCCCc2nc3ccccc3n2CCCCOc2cc(C)ccc2C(C)C)c1. The first-order valence-corrected chi connectivity index (χ1v) is 14.5. The predicted octanol–water partition coefficient (Wildman–Crippen LogP) is 7.07. The van der Waals surface area contributed by atoms with Gasteiger partial charge in [-0.1, -0.05) is 50.2 Å². The molecule has 6 nitrogen and oxygen atoms in total. The lowest BCUT2D eigenvalue weighted by Crippen LogP contribution is -2.30. The van der Waals surface area contributed by atoms with Gasteiger partial charge in [0.05, 0.1) is 17.6 Å². The summed E-state index contributed by atoms with van der Waals surface area (Å²) in [4.78, 5) is 17.2. The standard InChI is InChI=1S/C34H43N3O3/c1-24(2)28-17-15-26(4)22-32(28)39-20-9-8-19-37-30-12-7-6-11-29(30)36-33(37)13-10-18-35-34(38)23-40-31-21-25(3)14-16-27(31)5/h6-7,11-12,14-17,21-22,24H,8-10,13,18-20,23H2,1-5H3,(H,35,38). The molecule has 40 heavy (non-hydrogen) atoms. The molecule has 1 aromatic heterocycles. The molecule has 3 aromatic carbocycles. The maximum absolute atomic E-state index is 12.3. The summed E-state index contributed by atoms with van der Waals surface area (Å²) in [5, 5.41) is 2.98. The van der Waals surface area contributed by atoms with E-state index >= 15 is 0 Å². The molecule has 0 aliphatic rings. The summed E-state index contributed by atoms with van der Waals surface area (Å²) < 4.78 is 14.3. The summed E-state index contributed by atoms with van der Waals surface area (Å²) in [5.74, 6) is 3.15. The Balaban J connectivity index is 1.26. The molecule has 4 aromatic rings. The van der Waals surface area contributed by atoms with Crippen LogP contribution < -0.4 is 14.8 Å². The third kappa shape index (κ3) is 7.87. The molecular weight excluding hydrogens is 498 g/mol. The number of rotatable bonds is 14. The number of ether oxygens (including phenoxy) is 2. The average Bonchev–Trinajstić information content (AvgIpc) is 3.28. The number of aryl methyl sites for hydroxylation is 5. The van der Waals surface area contributed by atoms with Crippen LogP contribution in [0.4, 0.5) is 0 Å². The summed E-state index contributed by atoms with van der Waals surface area (Å²) in [6, 6.07) is 20.8. The van der Waals surface area contributed by atoms with Crippen molar-refractivity contribution in [3.05, 3.63) is 88.7 Å². The van der Waals surface area contributed by atoms with Gasteiger partial charge in [-0.2, -0.15) is 0 Å². The van der Waals surface area contributed by atoms with Crippen molar-refractivity contribution in [3.8, 4) is 11.5 Å². The van der Waals surface area contributed by atoms with Crippen molar-refractivity contribution in [2.75, 3.05) is 19.8 Å². The molecule has 0 fully saturated rings. The van der Waals surface area contributed by atoms with Crippen LogP contribution in [0.1, 0.15) is 67.1 Å². The molecule has 4 rings (SSSR count). The number of carbonyl (C=O) groups is 1. The number of hydrogen-bond donors (Lipinski definition) is 1. The molecule has 0 saturated carbocycles. The Morgan fingerprint density at radius 2 is 1.65 bits per heavy atom. The predicted molar refractivity (Wildman–Crippen MR) is 162 cm³/mol. The van der Waals surface area contributed by atoms with Crippen LogP contribution in [0.25, 0.3) is 11.0 Å². The van der Waals surface area contributed by atoms with Gasteiger partial charge in [0.2, 0.25) is 0 Å². The lowest BCUT2D eigenvalue weighted by Gasteiger charge is -2.15. The molecule has 212 valence electrons. The highest BCUT2D eigenvalue weighted by atomic mass is 16.5. The zero-order chi connectivity index (χ0) is 28.5. The molecule has 0 spiro atoms. The summed E-state index contributed by atoms with van der Waals surface area (Å²) in [6.45, 7) is 12.7. The van der Waals surface area contributed by atoms with E-state index in [1.165, 1.54) is 11.1 Å². The lowest BCUT2D eigenvalue weighted by atomic mass is 10.0.